The van der Waals surface area contributed by atoms with Crippen molar-refractivity contribution >= 4 is 5.91 Å². The number of hydrogen-bond donors (Lipinski definition) is 2. The first-order chi connectivity index (χ1) is 7.97. The largest absolute Gasteiger partial charge is 0.383 e. The van der Waals surface area contributed by atoms with Crippen molar-refractivity contribution in [3.8, 4) is 0 Å². The molecule has 1 saturated heterocycles. The molecule has 100 valence electrons. The molecule has 0 aromatic rings. The Hall–Kier alpha value is -0.650. The lowest BCUT2D eigenvalue weighted by atomic mass is 9.88. The summed E-state index contributed by atoms with van der Waals surface area (Å²) in [5.41, 5.74) is 2.90. The van der Waals surface area contributed by atoms with E-state index in [1.165, 1.54) is 0 Å². The number of carbonyl (C=O) groups is 1. The Morgan fingerprint density at radius 3 is 2.65 bits per heavy atom. The Morgan fingerprint density at radius 2 is 2.12 bits per heavy atom. The molecule has 4 atom stereocenters. The van der Waals surface area contributed by atoms with Crippen LogP contribution in [0.3, 0.4) is 0 Å². The molecule has 0 bridgehead atoms. The molecule has 1 fully saturated rings. The van der Waals surface area contributed by atoms with Gasteiger partial charge in [-0.25, -0.2) is 0 Å². The number of methoxy groups -OCH3 is 1. The fourth-order valence-electron chi connectivity index (χ4n) is 2.17. The van der Waals surface area contributed by atoms with Crippen molar-refractivity contribution < 1.29 is 14.4 Å². The number of rotatable bonds is 5. The molecule has 0 radical (unpaired) electrons. The topological polar surface area (TPSA) is 59.6 Å². The van der Waals surface area contributed by atoms with E-state index in [0.717, 1.165) is 0 Å². The first-order valence-corrected chi connectivity index (χ1v) is 6.17. The lowest BCUT2D eigenvalue weighted by molar-refractivity contribution is -0.128. The molecule has 0 aromatic carbocycles. The quantitative estimate of drug-likeness (QED) is 0.747. The zero-order valence-electron chi connectivity index (χ0n) is 11.3. The van der Waals surface area contributed by atoms with Crippen LogP contribution in [0.2, 0.25) is 0 Å². The summed E-state index contributed by atoms with van der Waals surface area (Å²) in [6, 6.07) is 0.0604. The highest BCUT2D eigenvalue weighted by Crippen LogP contribution is 2.25. The lowest BCUT2D eigenvalue weighted by Crippen LogP contribution is -2.46. The third kappa shape index (κ3) is 3.66. The second kappa shape index (κ2) is 6.33. The van der Waals surface area contributed by atoms with Gasteiger partial charge in [-0.2, -0.15) is 5.48 Å². The maximum absolute atomic E-state index is 12.2. The van der Waals surface area contributed by atoms with E-state index in [1.807, 2.05) is 13.8 Å². The Balaban J connectivity index is 2.59. The van der Waals surface area contributed by atoms with Crippen molar-refractivity contribution in [2.75, 3.05) is 13.7 Å². The highest BCUT2D eigenvalue weighted by Gasteiger charge is 2.41. The third-order valence-electron chi connectivity index (χ3n) is 3.05. The molecule has 0 saturated carbocycles. The SMILES string of the molecule is COC[C@H](C)NC(=O)C1C(C)NOC1C(C)C. The van der Waals surface area contributed by atoms with Crippen LogP contribution in [0.4, 0.5) is 0 Å². The van der Waals surface area contributed by atoms with Gasteiger partial charge in [-0.05, 0) is 19.8 Å². The van der Waals surface area contributed by atoms with E-state index in [9.17, 15) is 4.79 Å². The summed E-state index contributed by atoms with van der Waals surface area (Å²) in [5, 5.41) is 2.95. The van der Waals surface area contributed by atoms with Gasteiger partial charge < -0.3 is 10.1 Å². The van der Waals surface area contributed by atoms with Gasteiger partial charge in [0.15, 0.2) is 0 Å². The molecule has 0 aromatic heterocycles. The van der Waals surface area contributed by atoms with Crippen molar-refractivity contribution in [3.63, 3.8) is 0 Å². The zero-order valence-corrected chi connectivity index (χ0v) is 11.3. The van der Waals surface area contributed by atoms with E-state index in [-0.39, 0.29) is 30.0 Å². The molecule has 5 heteroatoms. The Kier molecular flexibility index (Phi) is 5.36. The number of nitrogens with one attached hydrogen (secondary N) is 2. The van der Waals surface area contributed by atoms with Gasteiger partial charge in [-0.1, -0.05) is 13.8 Å². The van der Waals surface area contributed by atoms with Crippen molar-refractivity contribution in [1.29, 1.82) is 0 Å². The summed E-state index contributed by atoms with van der Waals surface area (Å²) in [5.74, 6) is 0.195. The van der Waals surface area contributed by atoms with Crippen molar-refractivity contribution in [1.82, 2.24) is 10.8 Å². The van der Waals surface area contributed by atoms with E-state index in [4.69, 9.17) is 9.57 Å². The fraction of sp³-hybridized carbons (Fsp3) is 0.917. The average molecular weight is 244 g/mol. The van der Waals surface area contributed by atoms with E-state index in [1.54, 1.807) is 7.11 Å². The van der Waals surface area contributed by atoms with Gasteiger partial charge in [0.05, 0.1) is 18.6 Å². The molecule has 0 spiro atoms. The number of hydroxylamine groups is 1. The molecule has 2 N–H and O–H groups in total. The highest BCUT2D eigenvalue weighted by atomic mass is 16.7. The van der Waals surface area contributed by atoms with Gasteiger partial charge in [0.25, 0.3) is 0 Å². The van der Waals surface area contributed by atoms with Crippen LogP contribution in [0, 0.1) is 11.8 Å². The summed E-state index contributed by atoms with van der Waals surface area (Å²) >= 11 is 0. The molecule has 1 heterocycles. The van der Waals surface area contributed by atoms with Crippen LogP contribution >= 0.6 is 0 Å². The van der Waals surface area contributed by atoms with E-state index < -0.39 is 0 Å². The summed E-state index contributed by atoms with van der Waals surface area (Å²) in [4.78, 5) is 17.6. The number of amides is 1. The molecule has 1 rings (SSSR count). The Morgan fingerprint density at radius 1 is 1.47 bits per heavy atom. The van der Waals surface area contributed by atoms with Crippen LogP contribution in [0.1, 0.15) is 27.7 Å². The molecule has 3 unspecified atom stereocenters. The first-order valence-electron chi connectivity index (χ1n) is 6.17. The van der Waals surface area contributed by atoms with Crippen molar-refractivity contribution in [2.24, 2.45) is 11.8 Å². The molecule has 0 aliphatic carbocycles. The Labute approximate surface area is 103 Å². The van der Waals surface area contributed by atoms with Gasteiger partial charge in [-0.15, -0.1) is 0 Å². The lowest BCUT2D eigenvalue weighted by Gasteiger charge is -2.23. The van der Waals surface area contributed by atoms with Gasteiger partial charge in [0.2, 0.25) is 5.91 Å². The zero-order chi connectivity index (χ0) is 13.0. The monoisotopic (exact) mass is 244 g/mol. The maximum atomic E-state index is 12.2. The van der Waals surface area contributed by atoms with Gasteiger partial charge in [0.1, 0.15) is 0 Å². The molecule has 1 aliphatic heterocycles. The van der Waals surface area contributed by atoms with E-state index in [0.29, 0.717) is 12.5 Å². The predicted octanol–water partition coefficient (Wildman–Crippen LogP) is 0.702. The van der Waals surface area contributed by atoms with Gasteiger partial charge >= 0.3 is 0 Å². The number of hydrogen-bond acceptors (Lipinski definition) is 4. The maximum Gasteiger partial charge on any atom is 0.227 e. The molecular weight excluding hydrogens is 220 g/mol. The minimum absolute atomic E-state index is 0.0214. The summed E-state index contributed by atoms with van der Waals surface area (Å²) < 4.78 is 5.01. The van der Waals surface area contributed by atoms with Crippen LogP contribution in [0.5, 0.6) is 0 Å². The minimum atomic E-state index is -0.144. The molecule has 5 nitrogen and oxygen atoms in total. The van der Waals surface area contributed by atoms with E-state index in [2.05, 4.69) is 24.6 Å². The molecule has 17 heavy (non-hydrogen) atoms. The smallest absolute Gasteiger partial charge is 0.227 e. The number of ether oxygens (including phenoxy) is 1. The molecular formula is C12H24N2O3. The van der Waals surface area contributed by atoms with Crippen LogP contribution in [0.15, 0.2) is 0 Å². The average Bonchev–Trinajstić information content (AvgIpc) is 2.60. The molecule has 1 amide bonds. The van der Waals surface area contributed by atoms with Crippen LogP contribution in [-0.2, 0) is 14.4 Å². The summed E-state index contributed by atoms with van der Waals surface area (Å²) in [6.07, 6.45) is -0.0697. The van der Waals surface area contributed by atoms with Crippen LogP contribution < -0.4 is 10.8 Å². The number of carbonyl (C=O) groups excluding carboxylic acids is 1. The first kappa shape index (κ1) is 14.4. The van der Waals surface area contributed by atoms with Crippen LogP contribution in [-0.4, -0.2) is 37.8 Å². The van der Waals surface area contributed by atoms with Crippen molar-refractivity contribution in [2.45, 2.75) is 45.9 Å². The fourth-order valence-corrected chi connectivity index (χ4v) is 2.17. The van der Waals surface area contributed by atoms with Crippen molar-refractivity contribution in [3.05, 3.63) is 0 Å². The standard InChI is InChI=1S/C12H24N2O3/c1-7(2)11-10(9(4)14-17-11)12(15)13-8(3)6-16-5/h7-11,14H,6H2,1-5H3,(H,13,15)/t8-,9?,10?,11?/m0/s1. The third-order valence-corrected chi connectivity index (χ3v) is 3.05. The summed E-state index contributed by atoms with van der Waals surface area (Å²) in [6.45, 7) is 8.53. The Bertz CT molecular complexity index is 258. The van der Waals surface area contributed by atoms with E-state index >= 15 is 0 Å². The normalized spacial score (nSPS) is 30.6. The van der Waals surface area contributed by atoms with Gasteiger partial charge in [-0.3, -0.25) is 9.63 Å². The highest BCUT2D eigenvalue weighted by molar-refractivity contribution is 5.80. The summed E-state index contributed by atoms with van der Waals surface area (Å²) in [7, 11) is 1.63. The van der Waals surface area contributed by atoms with Crippen LogP contribution in [0.25, 0.3) is 0 Å². The second-order valence-corrected chi connectivity index (χ2v) is 5.12. The minimum Gasteiger partial charge on any atom is -0.383 e. The molecule has 1 aliphatic rings. The second-order valence-electron chi connectivity index (χ2n) is 5.12. The van der Waals surface area contributed by atoms with Gasteiger partial charge in [0, 0.05) is 19.2 Å². The predicted molar refractivity (Wildman–Crippen MR) is 65.3 cm³/mol.